The Kier molecular flexibility index (Phi) is 4.69. The number of rotatable bonds is 5. The summed E-state index contributed by atoms with van der Waals surface area (Å²) in [5.41, 5.74) is 1.16. The number of nitrogens with zero attached hydrogens (tertiary/aromatic N) is 2. The SMILES string of the molecule is CCCNCc1nc(N2CCCC2(C)C)ccc1Cl. The van der Waals surface area contributed by atoms with Gasteiger partial charge in [-0.25, -0.2) is 4.98 Å². The summed E-state index contributed by atoms with van der Waals surface area (Å²) in [6, 6.07) is 4.01. The lowest BCUT2D eigenvalue weighted by atomic mass is 10.0. The molecule has 0 saturated carbocycles. The second-order valence-corrected chi connectivity index (χ2v) is 6.25. The van der Waals surface area contributed by atoms with E-state index >= 15 is 0 Å². The van der Waals surface area contributed by atoms with E-state index in [2.05, 4.69) is 31.0 Å². The number of pyridine rings is 1. The Bertz CT molecular complexity index is 431. The molecule has 4 heteroatoms. The Morgan fingerprint density at radius 3 is 2.84 bits per heavy atom. The van der Waals surface area contributed by atoms with Crippen molar-refractivity contribution >= 4 is 17.4 Å². The Morgan fingerprint density at radius 2 is 2.21 bits per heavy atom. The monoisotopic (exact) mass is 281 g/mol. The number of hydrogen-bond donors (Lipinski definition) is 1. The van der Waals surface area contributed by atoms with Gasteiger partial charge in [0.05, 0.1) is 10.7 Å². The molecule has 0 atom stereocenters. The molecule has 1 aliphatic heterocycles. The second kappa shape index (κ2) is 6.10. The molecule has 1 fully saturated rings. The van der Waals surface area contributed by atoms with Crippen LogP contribution < -0.4 is 10.2 Å². The predicted molar refractivity (Wildman–Crippen MR) is 81.9 cm³/mol. The van der Waals surface area contributed by atoms with Gasteiger partial charge in [0.25, 0.3) is 0 Å². The van der Waals surface area contributed by atoms with E-state index in [0.717, 1.165) is 42.6 Å². The van der Waals surface area contributed by atoms with E-state index in [4.69, 9.17) is 16.6 Å². The number of halogens is 1. The fraction of sp³-hybridized carbons (Fsp3) is 0.667. The third-order valence-corrected chi connectivity index (χ3v) is 4.14. The van der Waals surface area contributed by atoms with E-state index in [1.54, 1.807) is 0 Å². The van der Waals surface area contributed by atoms with Crippen molar-refractivity contribution in [1.82, 2.24) is 10.3 Å². The van der Waals surface area contributed by atoms with Crippen molar-refractivity contribution in [2.24, 2.45) is 0 Å². The molecule has 1 saturated heterocycles. The highest BCUT2D eigenvalue weighted by molar-refractivity contribution is 6.31. The first-order valence-corrected chi connectivity index (χ1v) is 7.56. The van der Waals surface area contributed by atoms with Crippen LogP contribution in [0.4, 0.5) is 5.82 Å². The molecule has 0 amide bonds. The number of anilines is 1. The Hall–Kier alpha value is -0.800. The molecule has 3 nitrogen and oxygen atoms in total. The molecule has 2 heterocycles. The van der Waals surface area contributed by atoms with Crippen LogP contribution >= 0.6 is 11.6 Å². The van der Waals surface area contributed by atoms with Gasteiger partial charge in [-0.2, -0.15) is 0 Å². The molecule has 0 unspecified atom stereocenters. The highest BCUT2D eigenvalue weighted by Crippen LogP contribution is 2.33. The summed E-state index contributed by atoms with van der Waals surface area (Å²) in [5, 5.41) is 4.12. The molecule has 1 N–H and O–H groups in total. The molecule has 0 aromatic carbocycles. The van der Waals surface area contributed by atoms with Crippen LogP contribution in [0, 0.1) is 0 Å². The average molecular weight is 282 g/mol. The lowest BCUT2D eigenvalue weighted by Crippen LogP contribution is -2.38. The quantitative estimate of drug-likeness (QED) is 0.836. The summed E-state index contributed by atoms with van der Waals surface area (Å²) < 4.78 is 0. The Balaban J connectivity index is 2.16. The van der Waals surface area contributed by atoms with E-state index < -0.39 is 0 Å². The van der Waals surface area contributed by atoms with Crippen molar-refractivity contribution in [3.8, 4) is 0 Å². The topological polar surface area (TPSA) is 28.2 Å². The van der Waals surface area contributed by atoms with E-state index in [1.165, 1.54) is 12.8 Å². The molecule has 19 heavy (non-hydrogen) atoms. The summed E-state index contributed by atoms with van der Waals surface area (Å²) in [6.45, 7) is 9.55. The number of nitrogens with one attached hydrogen (secondary N) is 1. The van der Waals surface area contributed by atoms with Gasteiger partial charge in [-0.15, -0.1) is 0 Å². The zero-order valence-corrected chi connectivity index (χ0v) is 12.9. The third kappa shape index (κ3) is 3.40. The molecule has 106 valence electrons. The van der Waals surface area contributed by atoms with Crippen LogP contribution in [-0.2, 0) is 6.54 Å². The van der Waals surface area contributed by atoms with Gasteiger partial charge in [0.15, 0.2) is 0 Å². The van der Waals surface area contributed by atoms with Gasteiger partial charge in [0, 0.05) is 18.6 Å². The van der Waals surface area contributed by atoms with Crippen molar-refractivity contribution in [3.05, 3.63) is 22.8 Å². The maximum Gasteiger partial charge on any atom is 0.129 e. The number of aromatic nitrogens is 1. The van der Waals surface area contributed by atoms with Gasteiger partial charge in [-0.3, -0.25) is 0 Å². The van der Waals surface area contributed by atoms with Crippen LogP contribution in [0.15, 0.2) is 12.1 Å². The molecule has 0 radical (unpaired) electrons. The largest absolute Gasteiger partial charge is 0.351 e. The van der Waals surface area contributed by atoms with Gasteiger partial charge in [-0.05, 0) is 51.8 Å². The lowest BCUT2D eigenvalue weighted by Gasteiger charge is -2.33. The molecular weight excluding hydrogens is 258 g/mol. The van der Waals surface area contributed by atoms with Crippen LogP contribution in [0.2, 0.25) is 5.02 Å². The van der Waals surface area contributed by atoms with E-state index in [1.807, 2.05) is 12.1 Å². The van der Waals surface area contributed by atoms with Crippen molar-refractivity contribution < 1.29 is 0 Å². The van der Waals surface area contributed by atoms with Gasteiger partial charge >= 0.3 is 0 Å². The maximum absolute atomic E-state index is 6.23. The fourth-order valence-corrected chi connectivity index (χ4v) is 2.83. The summed E-state index contributed by atoms with van der Waals surface area (Å²) in [7, 11) is 0. The summed E-state index contributed by atoms with van der Waals surface area (Å²) in [6.07, 6.45) is 3.58. The Labute approximate surface area is 121 Å². The lowest BCUT2D eigenvalue weighted by molar-refractivity contribution is 0.513. The number of hydrogen-bond acceptors (Lipinski definition) is 3. The zero-order valence-electron chi connectivity index (χ0n) is 12.2. The van der Waals surface area contributed by atoms with Gasteiger partial charge in [0.1, 0.15) is 5.82 Å². The third-order valence-electron chi connectivity index (χ3n) is 3.80. The second-order valence-electron chi connectivity index (χ2n) is 5.84. The first-order chi connectivity index (χ1) is 9.04. The van der Waals surface area contributed by atoms with E-state index in [-0.39, 0.29) is 5.54 Å². The maximum atomic E-state index is 6.23. The highest BCUT2D eigenvalue weighted by atomic mass is 35.5. The predicted octanol–water partition coefficient (Wildman–Crippen LogP) is 3.61. The van der Waals surface area contributed by atoms with Crippen LogP contribution in [-0.4, -0.2) is 23.6 Å². The molecule has 1 aromatic rings. The zero-order chi connectivity index (χ0) is 13.9. The van der Waals surface area contributed by atoms with Gasteiger partial charge in [-0.1, -0.05) is 18.5 Å². The van der Waals surface area contributed by atoms with Crippen LogP contribution in [0.3, 0.4) is 0 Å². The molecule has 0 bridgehead atoms. The molecule has 2 rings (SSSR count). The van der Waals surface area contributed by atoms with Crippen molar-refractivity contribution in [2.45, 2.75) is 52.1 Å². The highest BCUT2D eigenvalue weighted by Gasteiger charge is 2.32. The molecule has 0 spiro atoms. The van der Waals surface area contributed by atoms with Crippen molar-refractivity contribution in [1.29, 1.82) is 0 Å². The van der Waals surface area contributed by atoms with Crippen LogP contribution in [0.5, 0.6) is 0 Å². The Morgan fingerprint density at radius 1 is 1.42 bits per heavy atom. The fourth-order valence-electron chi connectivity index (χ4n) is 2.66. The summed E-state index contributed by atoms with van der Waals surface area (Å²) >= 11 is 6.23. The summed E-state index contributed by atoms with van der Waals surface area (Å²) in [4.78, 5) is 7.15. The standard InChI is InChI=1S/C15H24ClN3/c1-4-9-17-11-13-12(16)6-7-14(18-13)19-10-5-8-15(19,2)3/h6-7,17H,4-5,8-11H2,1-3H3. The summed E-state index contributed by atoms with van der Waals surface area (Å²) in [5.74, 6) is 1.06. The van der Waals surface area contributed by atoms with Crippen molar-refractivity contribution in [2.75, 3.05) is 18.0 Å². The first-order valence-electron chi connectivity index (χ1n) is 7.18. The van der Waals surface area contributed by atoms with E-state index in [0.29, 0.717) is 0 Å². The van der Waals surface area contributed by atoms with E-state index in [9.17, 15) is 0 Å². The molecular formula is C15H24ClN3. The minimum atomic E-state index is 0.203. The molecule has 1 aromatic heterocycles. The van der Waals surface area contributed by atoms with Gasteiger partial charge in [0.2, 0.25) is 0 Å². The van der Waals surface area contributed by atoms with Crippen molar-refractivity contribution in [3.63, 3.8) is 0 Å². The average Bonchev–Trinajstić information content (AvgIpc) is 2.72. The minimum absolute atomic E-state index is 0.203. The normalized spacial score (nSPS) is 18.0. The molecule has 0 aliphatic carbocycles. The van der Waals surface area contributed by atoms with Crippen LogP contribution in [0.25, 0.3) is 0 Å². The smallest absolute Gasteiger partial charge is 0.129 e. The molecule has 1 aliphatic rings. The van der Waals surface area contributed by atoms with Crippen LogP contribution in [0.1, 0.15) is 45.7 Å². The minimum Gasteiger partial charge on any atom is -0.351 e. The van der Waals surface area contributed by atoms with Gasteiger partial charge < -0.3 is 10.2 Å². The first kappa shape index (κ1) is 14.6.